The van der Waals surface area contributed by atoms with Crippen molar-refractivity contribution in [2.75, 3.05) is 0 Å². The van der Waals surface area contributed by atoms with Crippen molar-refractivity contribution in [3.63, 3.8) is 0 Å². The van der Waals surface area contributed by atoms with E-state index in [1.54, 1.807) is 6.20 Å². The lowest BCUT2D eigenvalue weighted by Crippen LogP contribution is -2.15. The summed E-state index contributed by atoms with van der Waals surface area (Å²) in [5.74, 6) is 0.232. The van der Waals surface area contributed by atoms with Crippen LogP contribution in [0.15, 0.2) is 22.8 Å². The van der Waals surface area contributed by atoms with E-state index in [9.17, 15) is 4.79 Å². The second kappa shape index (κ2) is 6.76. The number of nitrogens with zero attached hydrogens (tertiary/aromatic N) is 1. The molecule has 0 saturated heterocycles. The van der Waals surface area contributed by atoms with E-state index in [-0.39, 0.29) is 11.8 Å². The van der Waals surface area contributed by atoms with E-state index in [1.807, 2.05) is 19.1 Å². The van der Waals surface area contributed by atoms with Gasteiger partial charge in [-0.15, -0.1) is 0 Å². The van der Waals surface area contributed by atoms with Crippen LogP contribution in [0, 0.1) is 0 Å². The van der Waals surface area contributed by atoms with Crippen LogP contribution in [0.5, 0.6) is 0 Å². The summed E-state index contributed by atoms with van der Waals surface area (Å²) in [5.41, 5.74) is 6.45. The van der Waals surface area contributed by atoms with Crippen molar-refractivity contribution in [3.8, 4) is 0 Å². The van der Waals surface area contributed by atoms with Crippen LogP contribution in [-0.4, -0.2) is 16.8 Å². The largest absolute Gasteiger partial charge is 0.328 e. The van der Waals surface area contributed by atoms with Gasteiger partial charge in [-0.3, -0.25) is 9.78 Å². The molecule has 0 aliphatic carbocycles. The highest BCUT2D eigenvalue weighted by molar-refractivity contribution is 9.10. The monoisotopic (exact) mass is 284 g/mol. The van der Waals surface area contributed by atoms with Crippen molar-refractivity contribution in [2.45, 2.75) is 38.6 Å². The van der Waals surface area contributed by atoms with Crippen molar-refractivity contribution >= 4 is 21.7 Å². The molecule has 0 aliphatic heterocycles. The minimum atomic E-state index is 0.179. The lowest BCUT2D eigenvalue weighted by atomic mass is 10.1. The number of halogens is 1. The molecule has 0 spiro atoms. The van der Waals surface area contributed by atoms with Gasteiger partial charge in [0.25, 0.3) is 0 Å². The van der Waals surface area contributed by atoms with Crippen molar-refractivity contribution in [2.24, 2.45) is 5.73 Å². The summed E-state index contributed by atoms with van der Waals surface area (Å²) in [4.78, 5) is 15.8. The summed E-state index contributed by atoms with van der Waals surface area (Å²) >= 11 is 3.31. The highest BCUT2D eigenvalue weighted by Gasteiger charge is 2.05. The smallest absolute Gasteiger partial charge is 0.138 e. The normalized spacial score (nSPS) is 12.4. The number of pyridine rings is 1. The Kier molecular flexibility index (Phi) is 5.63. The average molecular weight is 285 g/mol. The summed E-state index contributed by atoms with van der Waals surface area (Å²) in [6.07, 6.45) is 4.50. The van der Waals surface area contributed by atoms with E-state index in [1.165, 1.54) is 0 Å². The van der Waals surface area contributed by atoms with E-state index >= 15 is 0 Å². The fraction of sp³-hybridized carbons (Fsp3) is 0.500. The Balaban J connectivity index is 2.31. The predicted octanol–water partition coefficient (Wildman–Crippen LogP) is 2.47. The number of carbonyl (C=O) groups is 1. The summed E-state index contributed by atoms with van der Waals surface area (Å²) in [6, 6.07) is 3.95. The van der Waals surface area contributed by atoms with Gasteiger partial charge in [0, 0.05) is 35.2 Å². The molecule has 0 aliphatic rings. The van der Waals surface area contributed by atoms with Crippen molar-refractivity contribution in [1.82, 2.24) is 4.98 Å². The Morgan fingerprint density at radius 2 is 2.31 bits per heavy atom. The second-order valence-corrected chi connectivity index (χ2v) is 4.97. The maximum Gasteiger partial charge on any atom is 0.138 e. The Labute approximate surface area is 105 Å². The molecule has 3 nitrogen and oxygen atoms in total. The molecule has 16 heavy (non-hydrogen) atoms. The van der Waals surface area contributed by atoms with Crippen LogP contribution >= 0.6 is 15.9 Å². The number of nitrogens with two attached hydrogens (primary N) is 1. The summed E-state index contributed by atoms with van der Waals surface area (Å²) < 4.78 is 0.931. The van der Waals surface area contributed by atoms with E-state index in [0.29, 0.717) is 12.8 Å². The minimum absolute atomic E-state index is 0.179. The van der Waals surface area contributed by atoms with Gasteiger partial charge in [0.05, 0.1) is 0 Å². The molecule has 88 valence electrons. The number of Topliss-reactive ketones (excluding diaryl/α,β-unsaturated/α-hetero) is 1. The van der Waals surface area contributed by atoms with E-state index in [0.717, 1.165) is 23.0 Å². The van der Waals surface area contributed by atoms with Gasteiger partial charge in [0.15, 0.2) is 0 Å². The molecule has 1 aromatic heterocycles. The lowest BCUT2D eigenvalue weighted by molar-refractivity contribution is -0.118. The van der Waals surface area contributed by atoms with E-state index in [4.69, 9.17) is 5.73 Å². The number of hydrogen-bond donors (Lipinski definition) is 1. The van der Waals surface area contributed by atoms with E-state index in [2.05, 4.69) is 20.9 Å². The highest BCUT2D eigenvalue weighted by atomic mass is 79.9. The summed E-state index contributed by atoms with van der Waals surface area (Å²) in [7, 11) is 0. The third kappa shape index (κ3) is 5.37. The van der Waals surface area contributed by atoms with Crippen LogP contribution in [0.3, 0.4) is 0 Å². The highest BCUT2D eigenvalue weighted by Crippen LogP contribution is 2.09. The maximum absolute atomic E-state index is 11.6. The van der Waals surface area contributed by atoms with Crippen LogP contribution in [0.1, 0.15) is 31.9 Å². The number of hydrogen-bond acceptors (Lipinski definition) is 3. The maximum atomic E-state index is 11.6. The van der Waals surface area contributed by atoms with Crippen LogP contribution in [-0.2, 0) is 11.2 Å². The minimum Gasteiger partial charge on any atom is -0.328 e. The molecular formula is C12H17BrN2O. The summed E-state index contributed by atoms with van der Waals surface area (Å²) in [5, 5.41) is 0. The Bertz CT molecular complexity index is 335. The SMILES string of the molecule is CC(N)CCCC(=O)Cc1ccc(Br)cn1. The van der Waals surface area contributed by atoms with Crippen molar-refractivity contribution in [1.29, 1.82) is 0 Å². The molecule has 1 aromatic rings. The number of rotatable bonds is 6. The van der Waals surface area contributed by atoms with Crippen molar-refractivity contribution < 1.29 is 4.79 Å². The molecule has 0 amide bonds. The van der Waals surface area contributed by atoms with Gasteiger partial charge < -0.3 is 5.73 Å². The summed E-state index contributed by atoms with van der Waals surface area (Å²) in [6.45, 7) is 1.96. The first kappa shape index (κ1) is 13.3. The van der Waals surface area contributed by atoms with Gasteiger partial charge in [0.1, 0.15) is 5.78 Å². The molecule has 1 heterocycles. The molecule has 4 heteroatoms. The molecule has 0 bridgehead atoms. The quantitative estimate of drug-likeness (QED) is 0.873. The first-order valence-electron chi connectivity index (χ1n) is 5.45. The Morgan fingerprint density at radius 3 is 2.88 bits per heavy atom. The van der Waals surface area contributed by atoms with E-state index < -0.39 is 0 Å². The Morgan fingerprint density at radius 1 is 1.56 bits per heavy atom. The third-order valence-electron chi connectivity index (χ3n) is 2.28. The molecule has 1 unspecified atom stereocenters. The molecule has 0 fully saturated rings. The average Bonchev–Trinajstić information content (AvgIpc) is 2.21. The predicted molar refractivity (Wildman–Crippen MR) is 68.1 cm³/mol. The molecule has 1 atom stereocenters. The number of ketones is 1. The van der Waals surface area contributed by atoms with Gasteiger partial charge in [-0.05, 0) is 47.8 Å². The molecule has 2 N–H and O–H groups in total. The van der Waals surface area contributed by atoms with Crippen LogP contribution in [0.25, 0.3) is 0 Å². The van der Waals surface area contributed by atoms with Gasteiger partial charge in [-0.2, -0.15) is 0 Å². The molecular weight excluding hydrogens is 268 g/mol. The zero-order chi connectivity index (χ0) is 12.0. The topological polar surface area (TPSA) is 56.0 Å². The van der Waals surface area contributed by atoms with Crippen LogP contribution < -0.4 is 5.73 Å². The molecule has 1 rings (SSSR count). The van der Waals surface area contributed by atoms with Gasteiger partial charge in [-0.1, -0.05) is 0 Å². The zero-order valence-electron chi connectivity index (χ0n) is 9.45. The fourth-order valence-corrected chi connectivity index (χ4v) is 1.66. The van der Waals surface area contributed by atoms with Crippen LogP contribution in [0.4, 0.5) is 0 Å². The first-order chi connectivity index (χ1) is 7.58. The van der Waals surface area contributed by atoms with Crippen molar-refractivity contribution in [3.05, 3.63) is 28.5 Å². The molecule has 0 saturated carbocycles. The van der Waals surface area contributed by atoms with Gasteiger partial charge >= 0.3 is 0 Å². The lowest BCUT2D eigenvalue weighted by Gasteiger charge is -2.04. The fourth-order valence-electron chi connectivity index (χ4n) is 1.42. The molecule has 0 radical (unpaired) electrons. The first-order valence-corrected chi connectivity index (χ1v) is 6.25. The number of carbonyl (C=O) groups excluding carboxylic acids is 1. The second-order valence-electron chi connectivity index (χ2n) is 4.05. The molecule has 0 aromatic carbocycles. The van der Waals surface area contributed by atoms with Gasteiger partial charge in [-0.25, -0.2) is 0 Å². The zero-order valence-corrected chi connectivity index (χ0v) is 11.0. The van der Waals surface area contributed by atoms with Gasteiger partial charge in [0.2, 0.25) is 0 Å². The van der Waals surface area contributed by atoms with Crippen LogP contribution in [0.2, 0.25) is 0 Å². The number of aromatic nitrogens is 1. The third-order valence-corrected chi connectivity index (χ3v) is 2.75. The standard InChI is InChI=1S/C12H17BrN2O/c1-9(14)3-2-4-12(16)7-11-6-5-10(13)8-15-11/h5-6,8-9H,2-4,7,14H2,1H3. The Hall–Kier alpha value is -0.740.